The summed E-state index contributed by atoms with van der Waals surface area (Å²) in [5.41, 5.74) is 1.26. The fourth-order valence-electron chi connectivity index (χ4n) is 1.99. The molecule has 1 aliphatic rings. The minimum absolute atomic E-state index is 0.791. The van der Waals surface area contributed by atoms with Crippen LogP contribution in [0.15, 0.2) is 16.7 Å². The quantitative estimate of drug-likeness (QED) is 0.850. The molecule has 0 bridgehead atoms. The van der Waals surface area contributed by atoms with Gasteiger partial charge in [0.05, 0.1) is 13.2 Å². The first-order valence-electron chi connectivity index (χ1n) is 5.78. The van der Waals surface area contributed by atoms with Crippen molar-refractivity contribution in [3.05, 3.63) is 22.3 Å². The lowest BCUT2D eigenvalue weighted by atomic mass is 10.2. The second-order valence-corrected chi connectivity index (χ2v) is 5.39. The molecule has 94 valence electrons. The average molecular weight is 300 g/mol. The number of halogens is 1. The summed E-state index contributed by atoms with van der Waals surface area (Å²) in [7, 11) is 4.15. The van der Waals surface area contributed by atoms with Gasteiger partial charge in [0.15, 0.2) is 0 Å². The zero-order valence-electron chi connectivity index (χ0n) is 10.3. The van der Waals surface area contributed by atoms with E-state index < -0.39 is 0 Å². The Balaban J connectivity index is 2.24. The second kappa shape index (κ2) is 5.80. The Bertz CT molecular complexity index is 378. The smallest absolute Gasteiger partial charge is 0.133 e. The molecule has 0 spiro atoms. The minimum Gasteiger partial charge on any atom is -0.378 e. The summed E-state index contributed by atoms with van der Waals surface area (Å²) < 4.78 is 6.41. The predicted octanol–water partition coefficient (Wildman–Crippen LogP) is 1.74. The number of hydrogen-bond donors (Lipinski definition) is 0. The predicted molar refractivity (Wildman–Crippen MR) is 72.4 cm³/mol. The van der Waals surface area contributed by atoms with Crippen LogP contribution in [0.2, 0.25) is 0 Å². The number of ether oxygens (including phenoxy) is 1. The molecule has 0 amide bonds. The third-order valence-corrected chi connectivity index (χ3v) is 3.14. The van der Waals surface area contributed by atoms with Crippen LogP contribution in [-0.4, -0.2) is 50.3 Å². The lowest BCUT2D eigenvalue weighted by molar-refractivity contribution is 0.122. The van der Waals surface area contributed by atoms with Gasteiger partial charge in [0.2, 0.25) is 0 Å². The molecule has 1 aromatic heterocycles. The van der Waals surface area contributed by atoms with E-state index in [1.165, 1.54) is 5.56 Å². The van der Waals surface area contributed by atoms with Crippen LogP contribution in [-0.2, 0) is 11.3 Å². The highest BCUT2D eigenvalue weighted by atomic mass is 79.9. The average Bonchev–Trinajstić information content (AvgIpc) is 2.29. The van der Waals surface area contributed by atoms with Gasteiger partial charge in [-0.25, -0.2) is 4.98 Å². The second-order valence-electron chi connectivity index (χ2n) is 4.47. The molecule has 2 heterocycles. The van der Waals surface area contributed by atoms with E-state index in [-0.39, 0.29) is 0 Å². The standard InChI is InChI=1S/C12H18BrN3O/c1-15(2)9-10-7-11(13)8-14-12(10)16-3-5-17-6-4-16/h7-8H,3-6,9H2,1-2H3. The van der Waals surface area contributed by atoms with Crippen molar-refractivity contribution in [1.29, 1.82) is 0 Å². The SMILES string of the molecule is CN(C)Cc1cc(Br)cnc1N1CCOCC1. The molecule has 1 aromatic rings. The first-order valence-corrected chi connectivity index (χ1v) is 6.58. The number of anilines is 1. The largest absolute Gasteiger partial charge is 0.378 e. The van der Waals surface area contributed by atoms with Crippen LogP contribution in [0.3, 0.4) is 0 Å². The number of aromatic nitrogens is 1. The number of nitrogens with zero attached hydrogens (tertiary/aromatic N) is 3. The molecule has 4 nitrogen and oxygen atoms in total. The number of hydrogen-bond acceptors (Lipinski definition) is 4. The molecule has 0 radical (unpaired) electrons. The lowest BCUT2D eigenvalue weighted by Gasteiger charge is -2.30. The van der Waals surface area contributed by atoms with Crippen LogP contribution in [0.4, 0.5) is 5.82 Å². The molecular weight excluding hydrogens is 282 g/mol. The van der Waals surface area contributed by atoms with E-state index in [0.29, 0.717) is 0 Å². The third kappa shape index (κ3) is 3.40. The highest BCUT2D eigenvalue weighted by Gasteiger charge is 2.16. The van der Waals surface area contributed by atoms with Crippen molar-refractivity contribution in [1.82, 2.24) is 9.88 Å². The number of rotatable bonds is 3. The summed E-state index contributed by atoms with van der Waals surface area (Å²) in [5.74, 6) is 1.09. The Hall–Kier alpha value is -0.650. The minimum atomic E-state index is 0.791. The number of pyridine rings is 1. The summed E-state index contributed by atoms with van der Waals surface area (Å²) in [4.78, 5) is 9.01. The summed E-state index contributed by atoms with van der Waals surface area (Å²) in [5, 5.41) is 0. The van der Waals surface area contributed by atoms with Crippen molar-refractivity contribution in [2.75, 3.05) is 45.3 Å². The van der Waals surface area contributed by atoms with Gasteiger partial charge >= 0.3 is 0 Å². The first-order chi connectivity index (χ1) is 8.16. The molecule has 5 heteroatoms. The number of morpholine rings is 1. The van der Waals surface area contributed by atoms with E-state index in [9.17, 15) is 0 Å². The van der Waals surface area contributed by atoms with Gasteiger partial charge in [0.1, 0.15) is 5.82 Å². The van der Waals surface area contributed by atoms with Crippen LogP contribution >= 0.6 is 15.9 Å². The van der Waals surface area contributed by atoms with E-state index >= 15 is 0 Å². The van der Waals surface area contributed by atoms with Gasteiger partial charge in [-0.15, -0.1) is 0 Å². The highest BCUT2D eigenvalue weighted by molar-refractivity contribution is 9.10. The molecule has 0 unspecified atom stereocenters. The monoisotopic (exact) mass is 299 g/mol. The van der Waals surface area contributed by atoms with Gasteiger partial charge < -0.3 is 14.5 Å². The molecule has 0 aliphatic carbocycles. The maximum Gasteiger partial charge on any atom is 0.133 e. The molecule has 1 saturated heterocycles. The van der Waals surface area contributed by atoms with Crippen LogP contribution in [0.25, 0.3) is 0 Å². The summed E-state index contributed by atoms with van der Waals surface area (Å²) in [6.07, 6.45) is 1.87. The Morgan fingerprint density at radius 2 is 2.12 bits per heavy atom. The summed E-state index contributed by atoms with van der Waals surface area (Å²) in [6, 6.07) is 2.15. The van der Waals surface area contributed by atoms with Crippen molar-refractivity contribution < 1.29 is 4.74 Å². The molecule has 0 aromatic carbocycles. The van der Waals surface area contributed by atoms with Crippen molar-refractivity contribution >= 4 is 21.7 Å². The van der Waals surface area contributed by atoms with Crippen molar-refractivity contribution in [2.24, 2.45) is 0 Å². The highest BCUT2D eigenvalue weighted by Crippen LogP contribution is 2.23. The summed E-state index contributed by atoms with van der Waals surface area (Å²) in [6.45, 7) is 4.33. The third-order valence-electron chi connectivity index (χ3n) is 2.71. The van der Waals surface area contributed by atoms with Crippen molar-refractivity contribution in [2.45, 2.75) is 6.54 Å². The van der Waals surface area contributed by atoms with Gasteiger partial charge in [-0.2, -0.15) is 0 Å². The normalized spacial score (nSPS) is 16.6. The maximum atomic E-state index is 5.38. The van der Waals surface area contributed by atoms with Crippen LogP contribution in [0.1, 0.15) is 5.56 Å². The van der Waals surface area contributed by atoms with E-state index in [1.807, 2.05) is 6.20 Å². The molecular formula is C12H18BrN3O. The van der Waals surface area contributed by atoms with Gasteiger partial charge in [-0.1, -0.05) is 0 Å². The summed E-state index contributed by atoms with van der Waals surface area (Å²) >= 11 is 3.49. The van der Waals surface area contributed by atoms with E-state index in [0.717, 1.165) is 43.1 Å². The Kier molecular flexibility index (Phi) is 4.36. The zero-order chi connectivity index (χ0) is 12.3. The molecule has 17 heavy (non-hydrogen) atoms. The topological polar surface area (TPSA) is 28.6 Å². The Morgan fingerprint density at radius 1 is 1.41 bits per heavy atom. The van der Waals surface area contributed by atoms with Gasteiger partial charge in [0.25, 0.3) is 0 Å². The van der Waals surface area contributed by atoms with Gasteiger partial charge in [-0.05, 0) is 36.1 Å². The van der Waals surface area contributed by atoms with Gasteiger partial charge in [-0.3, -0.25) is 0 Å². The fraction of sp³-hybridized carbons (Fsp3) is 0.583. The zero-order valence-corrected chi connectivity index (χ0v) is 11.9. The van der Waals surface area contributed by atoms with E-state index in [1.54, 1.807) is 0 Å². The van der Waals surface area contributed by atoms with E-state index in [4.69, 9.17) is 4.74 Å². The lowest BCUT2D eigenvalue weighted by Crippen LogP contribution is -2.37. The van der Waals surface area contributed by atoms with Crippen LogP contribution < -0.4 is 4.90 Å². The van der Waals surface area contributed by atoms with E-state index in [2.05, 4.69) is 50.9 Å². The molecule has 0 atom stereocenters. The fourth-order valence-corrected chi connectivity index (χ4v) is 2.37. The molecule has 2 rings (SSSR count). The Morgan fingerprint density at radius 3 is 2.76 bits per heavy atom. The van der Waals surface area contributed by atoms with Crippen molar-refractivity contribution in [3.8, 4) is 0 Å². The van der Waals surface area contributed by atoms with Crippen LogP contribution in [0, 0.1) is 0 Å². The van der Waals surface area contributed by atoms with Crippen molar-refractivity contribution in [3.63, 3.8) is 0 Å². The maximum absolute atomic E-state index is 5.38. The Labute approximate surface area is 111 Å². The molecule has 0 saturated carbocycles. The first kappa shape index (κ1) is 12.8. The molecule has 1 aliphatic heterocycles. The van der Waals surface area contributed by atoms with Crippen LogP contribution in [0.5, 0.6) is 0 Å². The van der Waals surface area contributed by atoms with Gasteiger partial charge in [0, 0.05) is 35.9 Å². The molecule has 1 fully saturated rings. The molecule has 0 N–H and O–H groups in total.